The molecule has 0 aliphatic rings. The van der Waals surface area contributed by atoms with E-state index in [-0.39, 0.29) is 0 Å². The molecule has 1 atom stereocenters. The van der Waals surface area contributed by atoms with Gasteiger partial charge in [0.1, 0.15) is 12.4 Å². The van der Waals surface area contributed by atoms with Gasteiger partial charge in [0.15, 0.2) is 0 Å². The molecule has 1 aromatic heterocycles. The topological polar surface area (TPSA) is 66.0 Å². The van der Waals surface area contributed by atoms with Gasteiger partial charge < -0.3 is 10.5 Å². The highest BCUT2D eigenvalue weighted by Crippen LogP contribution is 2.28. The molecule has 0 bridgehead atoms. The fourth-order valence-corrected chi connectivity index (χ4v) is 2.03. The minimum Gasteiger partial charge on any atom is -0.491 e. The molecule has 2 aromatic rings. The van der Waals surface area contributed by atoms with Crippen molar-refractivity contribution >= 4 is 0 Å². The first-order valence-corrected chi connectivity index (χ1v) is 7.05. The number of benzene rings is 1. The van der Waals surface area contributed by atoms with E-state index in [0.717, 1.165) is 17.9 Å². The summed E-state index contributed by atoms with van der Waals surface area (Å²) in [4.78, 5) is 0. The minimum absolute atomic E-state index is 0.414. The second-order valence-corrected chi connectivity index (χ2v) is 4.87. The van der Waals surface area contributed by atoms with Crippen LogP contribution >= 0.6 is 0 Å². The fourth-order valence-electron chi connectivity index (χ4n) is 2.03. The van der Waals surface area contributed by atoms with Gasteiger partial charge in [-0.1, -0.05) is 37.3 Å². The highest BCUT2D eigenvalue weighted by molar-refractivity contribution is 5.35. The summed E-state index contributed by atoms with van der Waals surface area (Å²) in [5, 5.41) is 7.95. The molecule has 5 heteroatoms. The van der Waals surface area contributed by atoms with Crippen LogP contribution in [0.3, 0.4) is 0 Å². The maximum Gasteiger partial charge on any atom is 0.122 e. The molecule has 0 saturated carbocycles. The van der Waals surface area contributed by atoms with E-state index in [4.69, 9.17) is 10.5 Å². The van der Waals surface area contributed by atoms with Gasteiger partial charge in [-0.25, -0.2) is 4.68 Å². The van der Waals surface area contributed by atoms with Crippen LogP contribution in [0.15, 0.2) is 30.5 Å². The normalized spacial score (nSPS) is 12.3. The molecular weight excluding hydrogens is 252 g/mol. The summed E-state index contributed by atoms with van der Waals surface area (Å²) in [5.74, 6) is 1.46. The highest BCUT2D eigenvalue weighted by atomic mass is 16.5. The Balaban J connectivity index is 1.93. The van der Waals surface area contributed by atoms with E-state index in [1.54, 1.807) is 4.68 Å². The Morgan fingerprint density at radius 1 is 1.35 bits per heavy atom. The summed E-state index contributed by atoms with van der Waals surface area (Å²) in [5.41, 5.74) is 7.56. The van der Waals surface area contributed by atoms with Crippen molar-refractivity contribution in [3.63, 3.8) is 0 Å². The second-order valence-electron chi connectivity index (χ2n) is 4.87. The molecule has 0 aliphatic heterocycles. The summed E-state index contributed by atoms with van der Waals surface area (Å²) in [6, 6.07) is 8.21. The van der Waals surface area contributed by atoms with Crippen LogP contribution in [0, 0.1) is 0 Å². The quantitative estimate of drug-likeness (QED) is 0.841. The molecule has 1 aromatic carbocycles. The standard InChI is InChI=1S/C15H22N4O/c1-3-12(2)14-6-4-5-7-15(14)20-9-8-19-11-13(10-16)17-18-19/h4-7,11-12H,3,8-10,16H2,1-2H3. The lowest BCUT2D eigenvalue weighted by atomic mass is 9.98. The van der Waals surface area contributed by atoms with Crippen LogP contribution < -0.4 is 10.5 Å². The van der Waals surface area contributed by atoms with Crippen molar-refractivity contribution in [2.75, 3.05) is 6.61 Å². The van der Waals surface area contributed by atoms with Crippen LogP contribution in [0.2, 0.25) is 0 Å². The highest BCUT2D eigenvalue weighted by Gasteiger charge is 2.09. The van der Waals surface area contributed by atoms with Crippen molar-refractivity contribution in [3.05, 3.63) is 41.7 Å². The lowest BCUT2D eigenvalue weighted by molar-refractivity contribution is 0.285. The number of hydrogen-bond acceptors (Lipinski definition) is 4. The summed E-state index contributed by atoms with van der Waals surface area (Å²) in [6.07, 6.45) is 2.95. The Hall–Kier alpha value is -1.88. The summed E-state index contributed by atoms with van der Waals surface area (Å²) in [6.45, 7) is 6.05. The Bertz CT molecular complexity index is 538. The zero-order valence-corrected chi connectivity index (χ0v) is 12.1. The number of ether oxygens (including phenoxy) is 1. The number of nitrogens with two attached hydrogens (primary N) is 1. The Morgan fingerprint density at radius 2 is 2.15 bits per heavy atom. The average molecular weight is 274 g/mol. The summed E-state index contributed by atoms with van der Waals surface area (Å²) in [7, 11) is 0. The summed E-state index contributed by atoms with van der Waals surface area (Å²) >= 11 is 0. The predicted octanol–water partition coefficient (Wildman–Crippen LogP) is 2.33. The van der Waals surface area contributed by atoms with Crippen LogP contribution in [-0.4, -0.2) is 21.6 Å². The number of nitrogens with zero attached hydrogens (tertiary/aromatic N) is 3. The molecular formula is C15H22N4O. The van der Waals surface area contributed by atoms with Crippen molar-refractivity contribution in [2.45, 2.75) is 39.3 Å². The van der Waals surface area contributed by atoms with Gasteiger partial charge in [-0.05, 0) is 24.0 Å². The Labute approximate surface area is 119 Å². The van der Waals surface area contributed by atoms with Crippen molar-refractivity contribution < 1.29 is 4.74 Å². The molecule has 2 rings (SSSR count). The first-order chi connectivity index (χ1) is 9.74. The Morgan fingerprint density at radius 3 is 2.85 bits per heavy atom. The molecule has 0 fully saturated rings. The van der Waals surface area contributed by atoms with E-state index < -0.39 is 0 Å². The molecule has 108 valence electrons. The maximum atomic E-state index is 5.89. The largest absolute Gasteiger partial charge is 0.491 e. The molecule has 5 nitrogen and oxygen atoms in total. The van der Waals surface area contributed by atoms with E-state index in [0.29, 0.717) is 25.6 Å². The van der Waals surface area contributed by atoms with Gasteiger partial charge in [-0.2, -0.15) is 0 Å². The molecule has 1 unspecified atom stereocenters. The van der Waals surface area contributed by atoms with Crippen molar-refractivity contribution in [1.82, 2.24) is 15.0 Å². The van der Waals surface area contributed by atoms with Crippen LogP contribution in [0.5, 0.6) is 5.75 Å². The van der Waals surface area contributed by atoms with E-state index in [2.05, 4.69) is 36.3 Å². The van der Waals surface area contributed by atoms with Crippen LogP contribution in [-0.2, 0) is 13.1 Å². The monoisotopic (exact) mass is 274 g/mol. The van der Waals surface area contributed by atoms with Crippen LogP contribution in [0.4, 0.5) is 0 Å². The van der Waals surface area contributed by atoms with Gasteiger partial charge in [0.25, 0.3) is 0 Å². The third kappa shape index (κ3) is 3.57. The molecule has 0 saturated heterocycles. The smallest absolute Gasteiger partial charge is 0.122 e. The molecule has 20 heavy (non-hydrogen) atoms. The zero-order valence-electron chi connectivity index (χ0n) is 12.1. The predicted molar refractivity (Wildman–Crippen MR) is 78.6 cm³/mol. The Kier molecular flexibility index (Phi) is 5.12. The number of rotatable bonds is 7. The first kappa shape index (κ1) is 14.5. The number of hydrogen-bond donors (Lipinski definition) is 1. The zero-order chi connectivity index (χ0) is 14.4. The van der Waals surface area contributed by atoms with Gasteiger partial charge in [-0.3, -0.25) is 0 Å². The second kappa shape index (κ2) is 7.05. The number of aromatic nitrogens is 3. The van der Waals surface area contributed by atoms with Gasteiger partial charge in [0.2, 0.25) is 0 Å². The lowest BCUT2D eigenvalue weighted by Crippen LogP contribution is -2.10. The third-order valence-corrected chi connectivity index (χ3v) is 3.44. The SMILES string of the molecule is CCC(C)c1ccccc1OCCn1cc(CN)nn1. The first-order valence-electron chi connectivity index (χ1n) is 7.05. The molecule has 2 N–H and O–H groups in total. The van der Waals surface area contributed by atoms with Gasteiger partial charge in [-0.15, -0.1) is 5.10 Å². The van der Waals surface area contributed by atoms with Gasteiger partial charge in [0.05, 0.1) is 12.2 Å². The average Bonchev–Trinajstić information content (AvgIpc) is 2.95. The van der Waals surface area contributed by atoms with Gasteiger partial charge >= 0.3 is 0 Å². The fraction of sp³-hybridized carbons (Fsp3) is 0.467. The number of para-hydroxylation sites is 1. The summed E-state index contributed by atoms with van der Waals surface area (Å²) < 4.78 is 7.65. The molecule has 0 amide bonds. The van der Waals surface area contributed by atoms with Crippen molar-refractivity contribution in [1.29, 1.82) is 0 Å². The molecule has 1 heterocycles. The molecule has 0 spiro atoms. The van der Waals surface area contributed by atoms with Crippen molar-refractivity contribution in [3.8, 4) is 5.75 Å². The van der Waals surface area contributed by atoms with Crippen LogP contribution in [0.1, 0.15) is 37.4 Å². The van der Waals surface area contributed by atoms with Crippen molar-refractivity contribution in [2.24, 2.45) is 5.73 Å². The van der Waals surface area contributed by atoms with Gasteiger partial charge in [0, 0.05) is 12.7 Å². The van der Waals surface area contributed by atoms with E-state index in [1.807, 2.05) is 18.3 Å². The lowest BCUT2D eigenvalue weighted by Gasteiger charge is -2.15. The molecule has 0 radical (unpaired) electrons. The van der Waals surface area contributed by atoms with E-state index in [9.17, 15) is 0 Å². The van der Waals surface area contributed by atoms with E-state index >= 15 is 0 Å². The maximum absolute atomic E-state index is 5.89. The minimum atomic E-state index is 0.414. The molecule has 0 aliphatic carbocycles. The third-order valence-electron chi connectivity index (χ3n) is 3.44. The van der Waals surface area contributed by atoms with Crippen LogP contribution in [0.25, 0.3) is 0 Å². The van der Waals surface area contributed by atoms with E-state index in [1.165, 1.54) is 5.56 Å².